The number of carbonyl (C=O) groups is 4. The lowest BCUT2D eigenvalue weighted by Crippen LogP contribution is -2.46. The molecule has 0 spiro atoms. The number of fused-ring (bicyclic) bond motifs is 4. The molecule has 4 N–H and O–H groups in total. The summed E-state index contributed by atoms with van der Waals surface area (Å²) >= 11 is 0. The van der Waals surface area contributed by atoms with Crippen molar-refractivity contribution in [3.8, 4) is 0 Å². The zero-order valence-corrected chi connectivity index (χ0v) is 31.8. The number of rotatable bonds is 12. The van der Waals surface area contributed by atoms with E-state index in [1.54, 1.807) is 31.7 Å². The number of aromatic nitrogens is 4. The quantitative estimate of drug-likeness (QED) is 0.0726. The van der Waals surface area contributed by atoms with Crippen LogP contribution < -0.4 is 0 Å². The van der Waals surface area contributed by atoms with Gasteiger partial charge in [-0.2, -0.15) is 0 Å². The minimum atomic E-state index is -1.66. The zero-order chi connectivity index (χ0) is 40.5. The third kappa shape index (κ3) is 7.71. The molecule has 0 aliphatic carbocycles. The number of hydrogen-bond donors (Lipinski definition) is 4. The van der Waals surface area contributed by atoms with Crippen molar-refractivity contribution in [2.75, 3.05) is 0 Å². The molecule has 9 rings (SSSR count). The van der Waals surface area contributed by atoms with Crippen LogP contribution in [0.15, 0.2) is 133 Å². The topological polar surface area (TPSA) is 178 Å². The van der Waals surface area contributed by atoms with E-state index in [-0.39, 0.29) is 31.4 Å². The third-order valence-corrected chi connectivity index (χ3v) is 10.5. The number of benzene rings is 4. The molecule has 13 heteroatoms. The van der Waals surface area contributed by atoms with Gasteiger partial charge < -0.3 is 43.6 Å². The van der Waals surface area contributed by atoms with Gasteiger partial charge >= 0.3 is 23.9 Å². The Kier molecular flexibility index (Phi) is 10.0. The molecule has 0 saturated carbocycles. The maximum atomic E-state index is 14.0. The Morgan fingerprint density at radius 1 is 0.475 bits per heavy atom. The lowest BCUT2D eigenvalue weighted by Gasteiger charge is -2.35. The van der Waals surface area contributed by atoms with Gasteiger partial charge in [-0.15, -0.1) is 0 Å². The lowest BCUT2D eigenvalue weighted by atomic mass is 10.1. The number of nitrogens with one attached hydrogen (secondary N) is 4. The Bertz CT molecular complexity index is 2910. The van der Waals surface area contributed by atoms with Gasteiger partial charge in [0.15, 0.2) is 11.9 Å². The lowest BCUT2D eigenvalue weighted by molar-refractivity contribution is -0.215. The van der Waals surface area contributed by atoms with Crippen molar-refractivity contribution in [1.29, 1.82) is 0 Å². The molecule has 0 amide bonds. The van der Waals surface area contributed by atoms with Crippen LogP contribution in [0.2, 0.25) is 0 Å². The van der Waals surface area contributed by atoms with Crippen molar-refractivity contribution in [2.45, 2.75) is 51.1 Å². The second kappa shape index (κ2) is 15.9. The van der Waals surface area contributed by atoms with Crippen LogP contribution in [0.1, 0.15) is 29.2 Å². The minimum Gasteiger partial charge on any atom is -0.451 e. The molecule has 4 aromatic heterocycles. The Labute approximate surface area is 336 Å². The summed E-state index contributed by atoms with van der Waals surface area (Å²) in [6.45, 7) is 1.59. The van der Waals surface area contributed by atoms with E-state index in [4.69, 9.17) is 23.7 Å². The molecule has 59 heavy (non-hydrogen) atoms. The molecule has 1 aliphatic rings. The molecule has 1 aliphatic heterocycles. The molecule has 0 fully saturated rings. The summed E-state index contributed by atoms with van der Waals surface area (Å²) in [4.78, 5) is 67.9. The fourth-order valence-corrected chi connectivity index (χ4v) is 7.63. The van der Waals surface area contributed by atoms with Gasteiger partial charge in [-0.3, -0.25) is 19.2 Å². The average Bonchev–Trinajstić information content (AvgIpc) is 4.04. The zero-order valence-electron chi connectivity index (χ0n) is 31.8. The molecule has 296 valence electrons. The SMILES string of the molecule is C[C@@H]1O[C@@H](OC(=O)Cc2c[nH]c3ccccc23)C(OC(=O)Cc2c[nH]c3ccccc23)=C(OC(=O)Cc2c[nH]c3ccccc23)[C@H]1OC(=O)Cc1c[nH]c2ccccc12. The van der Waals surface area contributed by atoms with Crippen LogP contribution in [0.4, 0.5) is 0 Å². The van der Waals surface area contributed by atoms with Gasteiger partial charge in [-0.05, 0) is 53.4 Å². The molecule has 0 bridgehead atoms. The van der Waals surface area contributed by atoms with Crippen LogP contribution in [-0.2, 0) is 68.5 Å². The highest BCUT2D eigenvalue weighted by molar-refractivity contribution is 5.90. The van der Waals surface area contributed by atoms with Gasteiger partial charge in [0.1, 0.15) is 6.10 Å². The van der Waals surface area contributed by atoms with E-state index in [1.807, 2.05) is 97.1 Å². The number of esters is 4. The van der Waals surface area contributed by atoms with Gasteiger partial charge in [0.2, 0.25) is 5.76 Å². The maximum Gasteiger partial charge on any atom is 0.315 e. The standard InChI is InChI=1S/C46H38N4O9/c1-26-43(56-39(51)18-27-22-47-35-14-6-2-10-31(27)35)44(57-40(52)19-28-23-48-36-15-7-3-11-32(28)36)45(58-41(53)20-29-24-49-37-16-8-4-12-33(29)37)46(55-26)59-42(54)21-30-25-50-38-17-9-5-13-34(30)38/h2-17,22-26,43,46-50H,18-21H2,1H3/t26-,43-,46-/m0/s1. The molecular formula is C46H38N4O9. The van der Waals surface area contributed by atoms with E-state index < -0.39 is 48.1 Å². The van der Waals surface area contributed by atoms with Crippen LogP contribution in [0.3, 0.4) is 0 Å². The molecule has 0 unspecified atom stereocenters. The van der Waals surface area contributed by atoms with Crippen LogP contribution in [0, 0.1) is 0 Å². The fraction of sp³-hybridized carbons (Fsp3) is 0.174. The Balaban J connectivity index is 1.07. The number of aromatic amines is 4. The van der Waals surface area contributed by atoms with Crippen LogP contribution in [-0.4, -0.2) is 62.3 Å². The number of carbonyl (C=O) groups excluding carboxylic acids is 4. The van der Waals surface area contributed by atoms with Crippen molar-refractivity contribution >= 4 is 67.5 Å². The van der Waals surface area contributed by atoms with Crippen LogP contribution in [0.25, 0.3) is 43.6 Å². The van der Waals surface area contributed by atoms with Gasteiger partial charge in [0.05, 0.1) is 25.7 Å². The number of para-hydroxylation sites is 4. The van der Waals surface area contributed by atoms with Crippen LogP contribution in [0.5, 0.6) is 0 Å². The van der Waals surface area contributed by atoms with Crippen molar-refractivity contribution in [3.63, 3.8) is 0 Å². The summed E-state index contributed by atoms with van der Waals surface area (Å²) < 4.78 is 30.3. The van der Waals surface area contributed by atoms with E-state index in [9.17, 15) is 19.2 Å². The van der Waals surface area contributed by atoms with Gasteiger partial charge in [-0.1, -0.05) is 72.8 Å². The van der Waals surface area contributed by atoms with Gasteiger partial charge in [-0.25, -0.2) is 0 Å². The van der Waals surface area contributed by atoms with Gasteiger partial charge in [0.25, 0.3) is 6.29 Å². The normalized spacial score (nSPS) is 16.8. The van der Waals surface area contributed by atoms with Crippen molar-refractivity contribution in [2.24, 2.45) is 0 Å². The molecular weight excluding hydrogens is 753 g/mol. The molecule has 4 aromatic carbocycles. The first kappa shape index (κ1) is 37.2. The first-order chi connectivity index (χ1) is 28.8. The highest BCUT2D eigenvalue weighted by Crippen LogP contribution is 2.34. The summed E-state index contributed by atoms with van der Waals surface area (Å²) in [5.74, 6) is -3.63. The molecule has 3 atom stereocenters. The summed E-state index contributed by atoms with van der Waals surface area (Å²) in [7, 11) is 0. The second-order valence-corrected chi connectivity index (χ2v) is 14.4. The summed E-state index contributed by atoms with van der Waals surface area (Å²) in [6, 6.07) is 30.0. The number of H-pyrrole nitrogens is 4. The van der Waals surface area contributed by atoms with Crippen molar-refractivity contribution in [1.82, 2.24) is 19.9 Å². The van der Waals surface area contributed by atoms with Crippen molar-refractivity contribution in [3.05, 3.63) is 156 Å². The van der Waals surface area contributed by atoms with E-state index in [0.717, 1.165) is 43.6 Å². The summed E-state index contributed by atoms with van der Waals surface area (Å²) in [5, 5.41) is 3.29. The largest absolute Gasteiger partial charge is 0.451 e. The highest BCUT2D eigenvalue weighted by atomic mass is 16.7. The van der Waals surface area contributed by atoms with Crippen molar-refractivity contribution < 1.29 is 42.9 Å². The Morgan fingerprint density at radius 2 is 0.814 bits per heavy atom. The molecule has 13 nitrogen and oxygen atoms in total. The molecule has 0 radical (unpaired) electrons. The van der Waals surface area contributed by atoms with E-state index in [2.05, 4.69) is 19.9 Å². The Morgan fingerprint density at radius 3 is 1.22 bits per heavy atom. The number of hydrogen-bond acceptors (Lipinski definition) is 9. The predicted molar refractivity (Wildman–Crippen MR) is 218 cm³/mol. The second-order valence-electron chi connectivity index (χ2n) is 14.4. The van der Waals surface area contributed by atoms with Gasteiger partial charge in [0, 0.05) is 68.4 Å². The van der Waals surface area contributed by atoms with Crippen LogP contribution >= 0.6 is 0 Å². The van der Waals surface area contributed by atoms with E-state index in [0.29, 0.717) is 22.3 Å². The average molecular weight is 791 g/mol. The first-order valence-electron chi connectivity index (χ1n) is 19.2. The molecule has 5 heterocycles. The minimum absolute atomic E-state index is 0.136. The monoisotopic (exact) mass is 790 g/mol. The third-order valence-electron chi connectivity index (χ3n) is 10.5. The first-order valence-corrected chi connectivity index (χ1v) is 19.2. The molecule has 8 aromatic rings. The summed E-state index contributed by atoms with van der Waals surface area (Å²) in [5.41, 5.74) is 5.99. The maximum absolute atomic E-state index is 14.0. The molecule has 0 saturated heterocycles. The fourth-order valence-electron chi connectivity index (χ4n) is 7.63. The highest BCUT2D eigenvalue weighted by Gasteiger charge is 2.45. The Hall–Kier alpha value is -7.38. The van der Waals surface area contributed by atoms with E-state index in [1.165, 1.54) is 0 Å². The predicted octanol–water partition coefficient (Wildman–Crippen LogP) is 7.38. The summed E-state index contributed by atoms with van der Waals surface area (Å²) in [6.07, 6.45) is 2.07. The van der Waals surface area contributed by atoms with E-state index >= 15 is 0 Å². The smallest absolute Gasteiger partial charge is 0.315 e. The number of ether oxygens (including phenoxy) is 5.